The highest BCUT2D eigenvalue weighted by Crippen LogP contribution is 2.29. The first kappa shape index (κ1) is 26.2. The van der Waals surface area contributed by atoms with Crippen molar-refractivity contribution in [2.24, 2.45) is 4.99 Å². The van der Waals surface area contributed by atoms with E-state index in [1.165, 1.54) is 18.5 Å². The van der Waals surface area contributed by atoms with Crippen LogP contribution in [0.2, 0.25) is 0 Å². The Morgan fingerprint density at radius 2 is 1.85 bits per heavy atom. The number of rotatable bonds is 13. The maximum Gasteiger partial charge on any atom is 0.224 e. The largest absolute Gasteiger partial charge is 0.393 e. The van der Waals surface area contributed by atoms with Crippen molar-refractivity contribution in [2.75, 3.05) is 31.5 Å². The Labute approximate surface area is 205 Å². The SMILES string of the molecule is CCCCNc1ncc(-c2ccc(CCCN(CC)CCC)cn2)c(N=C2CCC(O)CC2)n1. The van der Waals surface area contributed by atoms with Gasteiger partial charge >= 0.3 is 0 Å². The van der Waals surface area contributed by atoms with Crippen LogP contribution in [0.4, 0.5) is 11.8 Å². The first-order chi connectivity index (χ1) is 16.6. The van der Waals surface area contributed by atoms with Crippen molar-refractivity contribution in [3.8, 4) is 11.3 Å². The number of anilines is 1. The number of aliphatic imine (C=N–C) groups is 1. The molecule has 0 amide bonds. The molecule has 1 saturated carbocycles. The number of unbranched alkanes of at least 4 members (excludes halogenated alkanes) is 1. The van der Waals surface area contributed by atoms with Gasteiger partial charge in [0.15, 0.2) is 5.82 Å². The van der Waals surface area contributed by atoms with Crippen molar-refractivity contribution in [1.82, 2.24) is 19.9 Å². The Morgan fingerprint density at radius 1 is 1.03 bits per heavy atom. The number of aromatic nitrogens is 3. The van der Waals surface area contributed by atoms with Gasteiger partial charge in [0.05, 0.1) is 17.4 Å². The number of aryl methyl sites for hydroxylation is 1. The molecule has 3 rings (SSSR count). The minimum absolute atomic E-state index is 0.212. The lowest BCUT2D eigenvalue weighted by molar-refractivity contribution is 0.152. The summed E-state index contributed by atoms with van der Waals surface area (Å²) in [5.74, 6) is 1.27. The molecule has 0 bridgehead atoms. The minimum atomic E-state index is -0.212. The quantitative estimate of drug-likeness (QED) is 0.383. The molecule has 1 aliphatic rings. The molecule has 7 nitrogen and oxygen atoms in total. The normalized spacial score (nSPS) is 16.1. The van der Waals surface area contributed by atoms with E-state index < -0.39 is 0 Å². The molecule has 0 unspecified atom stereocenters. The molecule has 2 heterocycles. The van der Waals surface area contributed by atoms with Gasteiger partial charge in [0, 0.05) is 24.7 Å². The van der Waals surface area contributed by atoms with Gasteiger partial charge in [0.2, 0.25) is 5.95 Å². The number of aliphatic hydroxyl groups is 1. The molecule has 7 heteroatoms. The molecular formula is C27H42N6O. The van der Waals surface area contributed by atoms with Gasteiger partial charge in [-0.1, -0.05) is 33.3 Å². The van der Waals surface area contributed by atoms with Gasteiger partial charge in [-0.2, -0.15) is 4.98 Å². The van der Waals surface area contributed by atoms with E-state index in [4.69, 9.17) is 15.0 Å². The van der Waals surface area contributed by atoms with Gasteiger partial charge in [-0.3, -0.25) is 4.98 Å². The second-order valence-electron chi connectivity index (χ2n) is 9.21. The number of hydrogen-bond donors (Lipinski definition) is 2. The summed E-state index contributed by atoms with van der Waals surface area (Å²) >= 11 is 0. The van der Waals surface area contributed by atoms with Gasteiger partial charge in [0.1, 0.15) is 0 Å². The summed E-state index contributed by atoms with van der Waals surface area (Å²) in [4.78, 5) is 21.4. The molecule has 2 N–H and O–H groups in total. The molecule has 34 heavy (non-hydrogen) atoms. The van der Waals surface area contributed by atoms with Crippen LogP contribution in [-0.4, -0.2) is 63.0 Å². The van der Waals surface area contributed by atoms with E-state index in [0.29, 0.717) is 11.8 Å². The summed E-state index contributed by atoms with van der Waals surface area (Å²) in [7, 11) is 0. The molecular weight excluding hydrogens is 424 g/mol. The third-order valence-electron chi connectivity index (χ3n) is 6.41. The average molecular weight is 467 g/mol. The van der Waals surface area contributed by atoms with Crippen molar-refractivity contribution in [3.63, 3.8) is 0 Å². The molecule has 0 saturated heterocycles. The molecule has 2 aromatic heterocycles. The van der Waals surface area contributed by atoms with E-state index in [1.807, 2.05) is 12.4 Å². The molecule has 0 aliphatic heterocycles. The first-order valence-corrected chi connectivity index (χ1v) is 13.2. The van der Waals surface area contributed by atoms with Crippen LogP contribution in [0.25, 0.3) is 11.3 Å². The topological polar surface area (TPSA) is 86.5 Å². The van der Waals surface area contributed by atoms with E-state index in [-0.39, 0.29) is 6.10 Å². The monoisotopic (exact) mass is 466 g/mol. The standard InChI is InChI=1S/C27H42N6O/c1-4-7-16-28-27-30-20-24(26(32-27)31-22-11-13-23(34)14-12-22)25-15-10-21(19-29-25)9-8-18-33(6-3)17-5-2/h10,15,19-20,23,34H,4-9,11-14,16-18H2,1-3H3,(H,28,30,32). The van der Waals surface area contributed by atoms with E-state index in [2.05, 4.69) is 48.1 Å². The van der Waals surface area contributed by atoms with Gasteiger partial charge in [-0.25, -0.2) is 9.98 Å². The summed E-state index contributed by atoms with van der Waals surface area (Å²) in [5, 5.41) is 13.2. The first-order valence-electron chi connectivity index (χ1n) is 13.2. The summed E-state index contributed by atoms with van der Waals surface area (Å²) in [5.41, 5.74) is 4.05. The van der Waals surface area contributed by atoms with Crippen LogP contribution in [0.5, 0.6) is 0 Å². The van der Waals surface area contributed by atoms with Crippen molar-refractivity contribution in [2.45, 2.75) is 84.7 Å². The van der Waals surface area contributed by atoms with Crippen LogP contribution in [0, 0.1) is 0 Å². The molecule has 0 atom stereocenters. The fourth-order valence-corrected chi connectivity index (χ4v) is 4.28. The zero-order valence-electron chi connectivity index (χ0n) is 21.3. The van der Waals surface area contributed by atoms with Crippen molar-refractivity contribution >= 4 is 17.5 Å². The molecule has 0 radical (unpaired) electrons. The molecule has 2 aromatic rings. The van der Waals surface area contributed by atoms with Gasteiger partial charge in [-0.05, 0) is 82.6 Å². The summed E-state index contributed by atoms with van der Waals surface area (Å²) < 4.78 is 0. The van der Waals surface area contributed by atoms with Crippen LogP contribution < -0.4 is 5.32 Å². The number of nitrogens with one attached hydrogen (secondary N) is 1. The van der Waals surface area contributed by atoms with Crippen LogP contribution in [0.1, 0.15) is 77.7 Å². The van der Waals surface area contributed by atoms with Crippen molar-refractivity contribution < 1.29 is 5.11 Å². The lowest BCUT2D eigenvalue weighted by Gasteiger charge is -2.19. The highest BCUT2D eigenvalue weighted by molar-refractivity contribution is 5.89. The zero-order chi connectivity index (χ0) is 24.2. The number of nitrogens with zero attached hydrogens (tertiary/aromatic N) is 5. The lowest BCUT2D eigenvalue weighted by Crippen LogP contribution is -2.25. The Kier molecular flexibility index (Phi) is 10.9. The highest BCUT2D eigenvalue weighted by Gasteiger charge is 2.17. The van der Waals surface area contributed by atoms with E-state index in [1.54, 1.807) is 0 Å². The number of pyridine rings is 1. The van der Waals surface area contributed by atoms with E-state index >= 15 is 0 Å². The third kappa shape index (κ3) is 8.13. The van der Waals surface area contributed by atoms with E-state index in [9.17, 15) is 5.11 Å². The smallest absolute Gasteiger partial charge is 0.224 e. The van der Waals surface area contributed by atoms with Crippen LogP contribution in [0.3, 0.4) is 0 Å². The van der Waals surface area contributed by atoms with Crippen molar-refractivity contribution in [3.05, 3.63) is 30.1 Å². The molecule has 0 aromatic carbocycles. The fourth-order valence-electron chi connectivity index (χ4n) is 4.28. The van der Waals surface area contributed by atoms with E-state index in [0.717, 1.165) is 88.0 Å². The summed E-state index contributed by atoms with van der Waals surface area (Å²) in [6, 6.07) is 4.23. The zero-order valence-corrected chi connectivity index (χ0v) is 21.3. The van der Waals surface area contributed by atoms with Gasteiger partial charge in [0.25, 0.3) is 0 Å². The van der Waals surface area contributed by atoms with Crippen LogP contribution >= 0.6 is 0 Å². The lowest BCUT2D eigenvalue weighted by atomic mass is 9.96. The maximum absolute atomic E-state index is 9.85. The maximum atomic E-state index is 9.85. The number of aliphatic hydroxyl groups excluding tert-OH is 1. The Morgan fingerprint density at radius 3 is 2.53 bits per heavy atom. The fraction of sp³-hybridized carbons (Fsp3) is 0.630. The summed E-state index contributed by atoms with van der Waals surface area (Å²) in [6.07, 6.45) is 12.3. The molecule has 1 aliphatic carbocycles. The van der Waals surface area contributed by atoms with Gasteiger partial charge in [-0.15, -0.1) is 0 Å². The predicted molar refractivity (Wildman–Crippen MR) is 141 cm³/mol. The average Bonchev–Trinajstić information content (AvgIpc) is 2.86. The van der Waals surface area contributed by atoms with Crippen molar-refractivity contribution in [1.29, 1.82) is 0 Å². The second kappa shape index (κ2) is 14.1. The molecule has 0 spiro atoms. The van der Waals surface area contributed by atoms with Crippen LogP contribution in [-0.2, 0) is 6.42 Å². The Hall–Kier alpha value is -2.38. The summed E-state index contributed by atoms with van der Waals surface area (Å²) in [6.45, 7) is 10.9. The van der Waals surface area contributed by atoms with Gasteiger partial charge < -0.3 is 15.3 Å². The highest BCUT2D eigenvalue weighted by atomic mass is 16.3. The Bertz CT molecular complexity index is 888. The Balaban J connectivity index is 1.74. The van der Waals surface area contributed by atoms with Crippen LogP contribution in [0.15, 0.2) is 29.5 Å². The predicted octanol–water partition coefficient (Wildman–Crippen LogP) is 5.42. The number of hydrogen-bond acceptors (Lipinski definition) is 7. The molecule has 186 valence electrons. The second-order valence-corrected chi connectivity index (χ2v) is 9.21. The minimum Gasteiger partial charge on any atom is -0.393 e. The molecule has 1 fully saturated rings. The third-order valence-corrected chi connectivity index (χ3v) is 6.41.